The molecular weight excluding hydrogens is 463 g/mol. The minimum atomic E-state index is 0. The Labute approximate surface area is 190 Å². The van der Waals surface area contributed by atoms with Crippen molar-refractivity contribution in [2.75, 3.05) is 72.5 Å². The van der Waals surface area contributed by atoms with Crippen molar-refractivity contribution in [1.29, 1.82) is 0 Å². The first kappa shape index (κ1) is 25.9. The molecule has 1 atom stereocenters. The van der Waals surface area contributed by atoms with Crippen LogP contribution < -0.4 is 10.6 Å². The number of hydrogen-bond acceptors (Lipinski definition) is 4. The lowest BCUT2D eigenvalue weighted by molar-refractivity contribution is 0.136. The molecule has 0 aromatic rings. The van der Waals surface area contributed by atoms with Gasteiger partial charge in [0.25, 0.3) is 0 Å². The number of piperazine rings is 1. The van der Waals surface area contributed by atoms with Gasteiger partial charge in [-0.15, -0.1) is 24.0 Å². The van der Waals surface area contributed by atoms with E-state index in [1.54, 1.807) is 0 Å². The van der Waals surface area contributed by atoms with Crippen LogP contribution in [0.3, 0.4) is 0 Å². The van der Waals surface area contributed by atoms with E-state index in [0.29, 0.717) is 0 Å². The number of nitrogens with one attached hydrogen (secondary N) is 2. The maximum absolute atomic E-state index is 4.36. The van der Waals surface area contributed by atoms with E-state index < -0.39 is 0 Å². The minimum absolute atomic E-state index is 0. The lowest BCUT2D eigenvalue weighted by atomic mass is 10.0. The summed E-state index contributed by atoms with van der Waals surface area (Å²) < 4.78 is 0. The van der Waals surface area contributed by atoms with Crippen molar-refractivity contribution >= 4 is 29.9 Å². The van der Waals surface area contributed by atoms with Crippen LogP contribution in [0.15, 0.2) is 4.99 Å². The van der Waals surface area contributed by atoms with Crippen LogP contribution in [0, 0.1) is 0 Å². The quantitative estimate of drug-likeness (QED) is 0.206. The van der Waals surface area contributed by atoms with Crippen molar-refractivity contribution in [1.82, 2.24) is 25.3 Å². The molecule has 1 unspecified atom stereocenters. The van der Waals surface area contributed by atoms with Gasteiger partial charge >= 0.3 is 0 Å². The topological polar surface area (TPSA) is 46.1 Å². The third kappa shape index (κ3) is 10.1. The standard InChI is InChI=1S/C21H44N6.HI/c1-4-25-16-18-26(19-17-25)13-8-6-11-23-21(22-3)24-12-9-15-27-14-7-5-10-20(27)2;/h20H,4-19H2,1-3H3,(H2,22,23,24);1H. The fourth-order valence-corrected chi connectivity index (χ4v) is 4.20. The summed E-state index contributed by atoms with van der Waals surface area (Å²) in [6.07, 6.45) is 7.80. The van der Waals surface area contributed by atoms with Gasteiger partial charge in [-0.25, -0.2) is 0 Å². The van der Waals surface area contributed by atoms with E-state index in [1.165, 1.54) is 90.9 Å². The fourth-order valence-electron chi connectivity index (χ4n) is 4.20. The van der Waals surface area contributed by atoms with Gasteiger partial charge in [-0.3, -0.25) is 4.99 Å². The molecule has 28 heavy (non-hydrogen) atoms. The summed E-state index contributed by atoms with van der Waals surface area (Å²) in [6, 6.07) is 0.765. The van der Waals surface area contributed by atoms with Crippen LogP contribution in [0.2, 0.25) is 0 Å². The van der Waals surface area contributed by atoms with Gasteiger partial charge in [0.15, 0.2) is 5.96 Å². The minimum Gasteiger partial charge on any atom is -0.356 e. The van der Waals surface area contributed by atoms with Crippen molar-refractivity contribution in [2.45, 2.75) is 58.4 Å². The zero-order valence-corrected chi connectivity index (χ0v) is 20.9. The van der Waals surface area contributed by atoms with Crippen molar-refractivity contribution in [3.8, 4) is 0 Å². The molecule has 166 valence electrons. The van der Waals surface area contributed by atoms with Crippen LogP contribution >= 0.6 is 24.0 Å². The largest absolute Gasteiger partial charge is 0.356 e. The summed E-state index contributed by atoms with van der Waals surface area (Å²) in [4.78, 5) is 12.2. The van der Waals surface area contributed by atoms with E-state index in [2.05, 4.69) is 44.2 Å². The molecule has 0 saturated carbocycles. The zero-order chi connectivity index (χ0) is 19.3. The number of aliphatic imine (C=N–C) groups is 1. The van der Waals surface area contributed by atoms with Crippen LogP contribution in [0.4, 0.5) is 0 Å². The number of piperidine rings is 1. The van der Waals surface area contributed by atoms with Gasteiger partial charge in [0, 0.05) is 58.9 Å². The molecule has 2 fully saturated rings. The molecule has 0 aromatic carbocycles. The predicted octanol–water partition coefficient (Wildman–Crippen LogP) is 2.45. The Bertz CT molecular complexity index is 412. The molecule has 0 bridgehead atoms. The highest BCUT2D eigenvalue weighted by Gasteiger charge is 2.17. The number of nitrogens with zero attached hydrogens (tertiary/aromatic N) is 4. The summed E-state index contributed by atoms with van der Waals surface area (Å²) >= 11 is 0. The Morgan fingerprint density at radius 3 is 2.21 bits per heavy atom. The molecule has 2 N–H and O–H groups in total. The summed E-state index contributed by atoms with van der Waals surface area (Å²) in [6.45, 7) is 16.5. The fraction of sp³-hybridized carbons (Fsp3) is 0.952. The van der Waals surface area contributed by atoms with Crippen molar-refractivity contribution in [2.24, 2.45) is 4.99 Å². The Hall–Kier alpha value is -0.120. The highest BCUT2D eigenvalue weighted by Crippen LogP contribution is 2.16. The van der Waals surface area contributed by atoms with Crippen molar-refractivity contribution in [3.05, 3.63) is 0 Å². The Morgan fingerprint density at radius 1 is 0.893 bits per heavy atom. The van der Waals surface area contributed by atoms with Crippen molar-refractivity contribution in [3.63, 3.8) is 0 Å². The molecule has 2 heterocycles. The number of unbranched alkanes of at least 4 members (excludes halogenated alkanes) is 1. The van der Waals surface area contributed by atoms with E-state index in [9.17, 15) is 0 Å². The molecule has 0 radical (unpaired) electrons. The maximum Gasteiger partial charge on any atom is 0.190 e. The van der Waals surface area contributed by atoms with Crippen LogP contribution in [-0.2, 0) is 0 Å². The third-order valence-electron chi connectivity index (χ3n) is 6.18. The van der Waals surface area contributed by atoms with Gasteiger partial charge in [0.2, 0.25) is 0 Å². The Kier molecular flexibility index (Phi) is 14.5. The van der Waals surface area contributed by atoms with Gasteiger partial charge in [-0.1, -0.05) is 13.3 Å². The molecule has 2 aliphatic heterocycles. The zero-order valence-electron chi connectivity index (χ0n) is 18.6. The second-order valence-corrected chi connectivity index (χ2v) is 8.14. The number of likely N-dealkylation sites (N-methyl/N-ethyl adjacent to an activating group) is 1. The molecule has 2 saturated heterocycles. The van der Waals surface area contributed by atoms with Gasteiger partial charge in [0.05, 0.1) is 0 Å². The number of likely N-dealkylation sites (tertiary alicyclic amines) is 1. The van der Waals surface area contributed by atoms with E-state index in [1.807, 2.05) is 7.05 Å². The second-order valence-electron chi connectivity index (χ2n) is 8.14. The van der Waals surface area contributed by atoms with E-state index in [0.717, 1.165) is 25.1 Å². The summed E-state index contributed by atoms with van der Waals surface area (Å²) in [5, 5.41) is 6.94. The third-order valence-corrected chi connectivity index (χ3v) is 6.18. The van der Waals surface area contributed by atoms with Crippen LogP contribution in [0.25, 0.3) is 0 Å². The lowest BCUT2D eigenvalue weighted by Gasteiger charge is -2.34. The van der Waals surface area contributed by atoms with Crippen LogP contribution in [0.5, 0.6) is 0 Å². The van der Waals surface area contributed by atoms with Gasteiger partial charge < -0.3 is 25.3 Å². The van der Waals surface area contributed by atoms with Gasteiger partial charge in [-0.2, -0.15) is 0 Å². The van der Waals surface area contributed by atoms with E-state index in [-0.39, 0.29) is 24.0 Å². The van der Waals surface area contributed by atoms with Gasteiger partial charge in [0.1, 0.15) is 0 Å². The highest BCUT2D eigenvalue weighted by atomic mass is 127. The summed E-state index contributed by atoms with van der Waals surface area (Å²) in [7, 11) is 1.87. The number of guanidine groups is 1. The van der Waals surface area contributed by atoms with E-state index in [4.69, 9.17) is 0 Å². The monoisotopic (exact) mass is 508 g/mol. The number of rotatable bonds is 10. The molecule has 0 amide bonds. The molecule has 0 spiro atoms. The molecular formula is C21H45IN6. The normalized spacial score (nSPS) is 22.7. The molecule has 0 aliphatic carbocycles. The molecule has 7 heteroatoms. The summed E-state index contributed by atoms with van der Waals surface area (Å²) in [5.41, 5.74) is 0. The summed E-state index contributed by atoms with van der Waals surface area (Å²) in [5.74, 6) is 0.957. The highest BCUT2D eigenvalue weighted by molar-refractivity contribution is 14.0. The SMILES string of the molecule is CCN1CCN(CCCCNC(=NC)NCCCN2CCCCC2C)CC1.I. The van der Waals surface area contributed by atoms with Crippen LogP contribution in [0.1, 0.15) is 52.4 Å². The molecule has 2 aliphatic rings. The number of halogens is 1. The average molecular weight is 509 g/mol. The molecule has 6 nitrogen and oxygen atoms in total. The lowest BCUT2D eigenvalue weighted by Crippen LogP contribution is -2.46. The van der Waals surface area contributed by atoms with Crippen LogP contribution in [-0.4, -0.2) is 99.2 Å². The first-order valence-electron chi connectivity index (χ1n) is 11.4. The molecule has 0 aromatic heterocycles. The Morgan fingerprint density at radius 2 is 1.57 bits per heavy atom. The van der Waals surface area contributed by atoms with E-state index >= 15 is 0 Å². The first-order chi connectivity index (χ1) is 13.2. The molecule has 2 rings (SSSR count). The average Bonchev–Trinajstić information content (AvgIpc) is 2.71. The Balaban J connectivity index is 0.00000392. The van der Waals surface area contributed by atoms with Crippen molar-refractivity contribution < 1.29 is 0 Å². The predicted molar refractivity (Wildman–Crippen MR) is 132 cm³/mol. The van der Waals surface area contributed by atoms with Gasteiger partial charge in [-0.05, 0) is 58.7 Å². The first-order valence-corrected chi connectivity index (χ1v) is 11.4. The second kappa shape index (κ2) is 15.7. The maximum atomic E-state index is 4.36. The smallest absolute Gasteiger partial charge is 0.190 e. The number of hydrogen-bond donors (Lipinski definition) is 2.